The molecule has 1 radical (unpaired) electrons. The molecule has 0 N–H and O–H groups in total. The Morgan fingerprint density at radius 1 is 0.412 bits per heavy atom. The van der Waals surface area contributed by atoms with Crippen molar-refractivity contribution >= 4 is 30.4 Å². The quantitative estimate of drug-likeness (QED) is 0.319. The summed E-state index contributed by atoms with van der Waals surface area (Å²) in [5.74, 6) is -1.27. The Balaban J connectivity index is 0.000000473. The molecule has 0 unspecified atom stereocenters. The Kier molecular flexibility index (Phi) is 14.1. The Morgan fingerprint density at radius 3 is 0.735 bits per heavy atom. The molecule has 0 heterocycles. The smallest absolute Gasteiger partial charge is 0.748 e. The summed E-state index contributed by atoms with van der Waals surface area (Å²) in [5, 5.41) is 0. The summed E-state index contributed by atoms with van der Waals surface area (Å²) in [6, 6.07) is 25.1. The molecule has 0 aliphatic heterocycles. The Morgan fingerprint density at radius 2 is 0.588 bits per heavy atom. The van der Waals surface area contributed by atoms with Crippen LogP contribution in [-0.2, 0) is 64.7 Å². The zero-order valence-corrected chi connectivity index (χ0v) is 21.1. The standard InChI is InChI=1S/3C7H8O3S.Fe/c3*8-11(9,10)6-7-4-2-1-3-5-7;/h3*1-5H,6H2,(H,8,9,10);/q;;;+3/p-3. The summed E-state index contributed by atoms with van der Waals surface area (Å²) in [7, 11) is -12.4. The summed E-state index contributed by atoms with van der Waals surface area (Å²) < 4.78 is 92.2. The van der Waals surface area contributed by atoms with Crippen molar-refractivity contribution in [2.75, 3.05) is 0 Å². The van der Waals surface area contributed by atoms with Gasteiger partial charge in [0, 0.05) is 0 Å². The van der Waals surface area contributed by atoms with Crippen molar-refractivity contribution < 1.29 is 56.0 Å². The van der Waals surface area contributed by atoms with E-state index < -0.39 is 47.6 Å². The van der Waals surface area contributed by atoms with Gasteiger partial charge in [-0.1, -0.05) is 91.0 Å². The molecule has 9 nitrogen and oxygen atoms in total. The molecule has 0 bridgehead atoms. The second kappa shape index (κ2) is 15.0. The summed E-state index contributed by atoms with van der Waals surface area (Å²) in [6.07, 6.45) is 0. The van der Waals surface area contributed by atoms with E-state index in [0.717, 1.165) is 0 Å². The first kappa shape index (κ1) is 31.9. The van der Waals surface area contributed by atoms with Crippen LogP contribution in [0.25, 0.3) is 0 Å². The van der Waals surface area contributed by atoms with Crippen LogP contribution in [0.4, 0.5) is 0 Å². The monoisotopic (exact) mass is 569 g/mol. The maximum absolute atomic E-state index is 10.2. The molecule has 0 aromatic heterocycles. The zero-order chi connectivity index (χ0) is 25.0. The van der Waals surface area contributed by atoms with E-state index in [2.05, 4.69) is 0 Å². The molecule has 0 spiro atoms. The molecule has 0 saturated carbocycles. The van der Waals surface area contributed by atoms with Crippen molar-refractivity contribution in [3.8, 4) is 0 Å². The van der Waals surface area contributed by atoms with E-state index in [1.165, 1.54) is 0 Å². The van der Waals surface area contributed by atoms with Crippen LogP contribution in [0.15, 0.2) is 91.0 Å². The van der Waals surface area contributed by atoms with Gasteiger partial charge in [-0.15, -0.1) is 0 Å². The van der Waals surface area contributed by atoms with Gasteiger partial charge in [-0.3, -0.25) is 0 Å². The molecule has 0 amide bonds. The molecule has 3 rings (SSSR count). The van der Waals surface area contributed by atoms with E-state index in [-0.39, 0.29) is 17.1 Å². The predicted octanol–water partition coefficient (Wildman–Crippen LogP) is 2.19. The van der Waals surface area contributed by atoms with Crippen LogP contribution in [0.2, 0.25) is 0 Å². The van der Waals surface area contributed by atoms with E-state index in [1.54, 1.807) is 91.0 Å². The summed E-state index contributed by atoms with van der Waals surface area (Å²) in [4.78, 5) is 0. The van der Waals surface area contributed by atoms with Crippen molar-refractivity contribution in [1.29, 1.82) is 0 Å². The molecule has 0 aliphatic carbocycles. The van der Waals surface area contributed by atoms with Gasteiger partial charge in [0.25, 0.3) is 0 Å². The van der Waals surface area contributed by atoms with Gasteiger partial charge >= 0.3 is 17.1 Å². The van der Waals surface area contributed by atoms with Crippen molar-refractivity contribution in [2.24, 2.45) is 0 Å². The summed E-state index contributed by atoms with van der Waals surface area (Å²) in [6.45, 7) is 0. The summed E-state index contributed by atoms with van der Waals surface area (Å²) in [5.41, 5.74) is 1.59. The van der Waals surface area contributed by atoms with Crippen LogP contribution < -0.4 is 0 Å². The van der Waals surface area contributed by atoms with E-state index in [0.29, 0.717) is 16.7 Å². The van der Waals surface area contributed by atoms with Gasteiger partial charge in [0.2, 0.25) is 0 Å². The van der Waals surface area contributed by atoms with Gasteiger partial charge in [0.05, 0.1) is 47.6 Å². The SMILES string of the molecule is O=S(=O)([O-])Cc1ccccc1.O=S(=O)([O-])Cc1ccccc1.O=S(=O)([O-])Cc1ccccc1.[Fe+3]. The van der Waals surface area contributed by atoms with E-state index in [1.807, 2.05) is 0 Å². The fourth-order valence-electron chi connectivity index (χ4n) is 2.34. The average Bonchev–Trinajstić information content (AvgIpc) is 2.67. The number of rotatable bonds is 6. The van der Waals surface area contributed by atoms with Crippen LogP contribution in [-0.4, -0.2) is 38.9 Å². The predicted molar refractivity (Wildman–Crippen MR) is 120 cm³/mol. The molecule has 34 heavy (non-hydrogen) atoms. The molecular formula is C21H21FeO9S3. The van der Waals surface area contributed by atoms with Crippen molar-refractivity contribution in [3.05, 3.63) is 108 Å². The third-order valence-corrected chi connectivity index (χ3v) is 5.62. The van der Waals surface area contributed by atoms with Crippen LogP contribution in [0.3, 0.4) is 0 Å². The van der Waals surface area contributed by atoms with Gasteiger partial charge < -0.3 is 13.7 Å². The Labute approximate surface area is 210 Å². The fourth-order valence-corrected chi connectivity index (χ4v) is 4.14. The molecule has 0 saturated heterocycles. The largest absolute Gasteiger partial charge is 3.00 e. The van der Waals surface area contributed by atoms with Crippen LogP contribution >= 0.6 is 0 Å². The van der Waals surface area contributed by atoms with Gasteiger partial charge in [0.15, 0.2) is 0 Å². The van der Waals surface area contributed by atoms with Gasteiger partial charge in [0.1, 0.15) is 0 Å². The maximum atomic E-state index is 10.2. The van der Waals surface area contributed by atoms with Gasteiger partial charge in [-0.25, -0.2) is 25.3 Å². The maximum Gasteiger partial charge on any atom is 3.00 e. The molecule has 0 atom stereocenters. The van der Waals surface area contributed by atoms with Crippen molar-refractivity contribution in [1.82, 2.24) is 0 Å². The third-order valence-electron chi connectivity index (χ3n) is 3.56. The third kappa shape index (κ3) is 18.3. The summed E-state index contributed by atoms with van der Waals surface area (Å²) >= 11 is 0. The number of benzene rings is 3. The fraction of sp³-hybridized carbons (Fsp3) is 0.143. The molecular weight excluding hydrogens is 548 g/mol. The van der Waals surface area contributed by atoms with Gasteiger partial charge in [-0.05, 0) is 16.7 Å². The Hall–Kier alpha value is -2.09. The topological polar surface area (TPSA) is 172 Å². The second-order valence-electron chi connectivity index (χ2n) is 6.56. The first-order valence-electron chi connectivity index (χ1n) is 9.16. The number of hydrogen-bond acceptors (Lipinski definition) is 9. The first-order chi connectivity index (χ1) is 15.2. The van der Waals surface area contributed by atoms with E-state index in [4.69, 9.17) is 0 Å². The van der Waals surface area contributed by atoms with Crippen molar-refractivity contribution in [3.63, 3.8) is 0 Å². The minimum atomic E-state index is -4.13. The molecule has 13 heteroatoms. The van der Waals surface area contributed by atoms with Gasteiger partial charge in [-0.2, -0.15) is 0 Å². The van der Waals surface area contributed by atoms with Crippen LogP contribution in [0.5, 0.6) is 0 Å². The normalized spacial score (nSPS) is 11.0. The van der Waals surface area contributed by atoms with Crippen LogP contribution in [0, 0.1) is 0 Å². The zero-order valence-electron chi connectivity index (χ0n) is 17.5. The first-order valence-corrected chi connectivity index (χ1v) is 13.9. The molecule has 3 aromatic rings. The van der Waals surface area contributed by atoms with E-state index >= 15 is 0 Å². The van der Waals surface area contributed by atoms with Crippen LogP contribution in [0.1, 0.15) is 16.7 Å². The minimum absolute atomic E-state index is 0. The average molecular weight is 569 g/mol. The Bertz CT molecular complexity index is 1120. The minimum Gasteiger partial charge on any atom is -0.748 e. The second-order valence-corrected chi connectivity index (χ2v) is 10.8. The molecule has 0 aliphatic rings. The molecule has 3 aromatic carbocycles. The van der Waals surface area contributed by atoms with E-state index in [9.17, 15) is 38.9 Å². The molecule has 0 fully saturated rings. The molecule has 185 valence electrons. The van der Waals surface area contributed by atoms with Crippen molar-refractivity contribution in [2.45, 2.75) is 17.3 Å². The number of hydrogen-bond donors (Lipinski definition) is 0.